The van der Waals surface area contributed by atoms with Crippen LogP contribution in [0.15, 0.2) is 18.2 Å². The summed E-state index contributed by atoms with van der Waals surface area (Å²) in [7, 11) is 0. The predicted octanol–water partition coefficient (Wildman–Crippen LogP) is 2.23. The molecular formula is C11H10IN3O3. The largest absolute Gasteiger partial charge is 0.334 e. The van der Waals surface area contributed by atoms with Crippen molar-refractivity contribution in [3.63, 3.8) is 0 Å². The van der Waals surface area contributed by atoms with Crippen LogP contribution in [0.2, 0.25) is 0 Å². The Morgan fingerprint density at radius 2 is 2.17 bits per heavy atom. The summed E-state index contributed by atoms with van der Waals surface area (Å²) in [5, 5.41) is 22.0. The molecule has 6 nitrogen and oxygen atoms in total. The lowest BCUT2D eigenvalue weighted by Gasteiger charge is -2.17. The Morgan fingerprint density at radius 1 is 1.56 bits per heavy atom. The van der Waals surface area contributed by atoms with Gasteiger partial charge in [-0.15, -0.1) is 0 Å². The molecular weight excluding hydrogens is 349 g/mol. The Bertz CT molecular complexity index is 549. The van der Waals surface area contributed by atoms with E-state index in [1.165, 1.54) is 18.2 Å². The van der Waals surface area contributed by atoms with Crippen LogP contribution in [0.4, 0.5) is 5.69 Å². The van der Waals surface area contributed by atoms with Crippen LogP contribution in [0.5, 0.6) is 0 Å². The molecule has 0 fully saturated rings. The molecule has 1 rings (SSSR count). The van der Waals surface area contributed by atoms with E-state index in [4.69, 9.17) is 5.26 Å². The molecule has 7 heteroatoms. The Morgan fingerprint density at radius 3 is 2.67 bits per heavy atom. The zero-order chi connectivity index (χ0) is 13.9. The number of non-ortho nitro benzene ring substituents is 1. The van der Waals surface area contributed by atoms with E-state index in [0.717, 1.165) is 0 Å². The van der Waals surface area contributed by atoms with E-state index in [2.05, 4.69) is 5.32 Å². The third-order valence-electron chi connectivity index (χ3n) is 2.11. The minimum atomic E-state index is -1.02. The van der Waals surface area contributed by atoms with Crippen LogP contribution in [-0.4, -0.2) is 16.4 Å². The second kappa shape index (κ2) is 5.30. The molecule has 94 valence electrons. The average Bonchev–Trinajstić information content (AvgIpc) is 2.28. The van der Waals surface area contributed by atoms with E-state index >= 15 is 0 Å². The normalized spacial score (nSPS) is 10.6. The lowest BCUT2D eigenvalue weighted by atomic mass is 10.1. The number of nitrogens with one attached hydrogen (secondary N) is 1. The van der Waals surface area contributed by atoms with Crippen molar-refractivity contribution in [2.75, 3.05) is 0 Å². The highest BCUT2D eigenvalue weighted by molar-refractivity contribution is 14.1. The number of hydrogen-bond acceptors (Lipinski definition) is 4. The summed E-state index contributed by atoms with van der Waals surface area (Å²) in [6, 6.07) is 5.95. The van der Waals surface area contributed by atoms with Gasteiger partial charge in [0.05, 0.1) is 16.6 Å². The van der Waals surface area contributed by atoms with E-state index in [9.17, 15) is 14.9 Å². The second-order valence-corrected chi connectivity index (χ2v) is 5.27. The molecule has 0 radical (unpaired) electrons. The number of amides is 1. The van der Waals surface area contributed by atoms with Crippen LogP contribution in [0.1, 0.15) is 24.2 Å². The fourth-order valence-corrected chi connectivity index (χ4v) is 1.76. The van der Waals surface area contributed by atoms with Crippen molar-refractivity contribution < 1.29 is 9.72 Å². The van der Waals surface area contributed by atoms with E-state index in [0.29, 0.717) is 3.57 Å². The van der Waals surface area contributed by atoms with Crippen molar-refractivity contribution in [3.05, 3.63) is 37.4 Å². The van der Waals surface area contributed by atoms with Crippen LogP contribution < -0.4 is 5.32 Å². The minimum absolute atomic E-state index is 0.157. The second-order valence-electron chi connectivity index (χ2n) is 4.11. The molecule has 0 heterocycles. The van der Waals surface area contributed by atoms with Gasteiger partial charge >= 0.3 is 0 Å². The van der Waals surface area contributed by atoms with Crippen molar-refractivity contribution in [1.82, 2.24) is 5.32 Å². The molecule has 1 N–H and O–H groups in total. The maximum atomic E-state index is 11.9. The lowest BCUT2D eigenvalue weighted by molar-refractivity contribution is -0.384. The highest BCUT2D eigenvalue weighted by Crippen LogP contribution is 2.20. The summed E-state index contributed by atoms with van der Waals surface area (Å²) in [6.45, 7) is 3.10. The summed E-state index contributed by atoms with van der Waals surface area (Å²) in [6.07, 6.45) is 0. The first-order chi connectivity index (χ1) is 8.26. The molecule has 0 atom stereocenters. The van der Waals surface area contributed by atoms with E-state index < -0.39 is 16.4 Å². The fourth-order valence-electron chi connectivity index (χ4n) is 1.18. The van der Waals surface area contributed by atoms with Crippen LogP contribution in [0.25, 0.3) is 0 Å². The number of nitro groups is 1. The number of halogens is 1. The Balaban J connectivity index is 3.10. The molecule has 1 amide bonds. The standard InChI is InChI=1S/C11H10IN3O3/c1-11(2,6-13)14-10(16)8-5-7(15(17)18)3-4-9(8)12/h3-5H,1-2H3,(H,14,16). The number of carbonyl (C=O) groups is 1. The van der Waals surface area contributed by atoms with Gasteiger partial charge in [-0.3, -0.25) is 14.9 Å². The van der Waals surface area contributed by atoms with Crippen LogP contribution in [-0.2, 0) is 0 Å². The molecule has 0 aliphatic rings. The Hall–Kier alpha value is -1.69. The summed E-state index contributed by atoms with van der Waals surface area (Å²) >= 11 is 1.91. The van der Waals surface area contributed by atoms with E-state index in [-0.39, 0.29) is 11.3 Å². The highest BCUT2D eigenvalue weighted by Gasteiger charge is 2.23. The van der Waals surface area contributed by atoms with Crippen molar-refractivity contribution in [1.29, 1.82) is 5.26 Å². The van der Waals surface area contributed by atoms with Gasteiger partial charge in [0.2, 0.25) is 0 Å². The van der Waals surface area contributed by atoms with Gasteiger partial charge in [0.15, 0.2) is 0 Å². The highest BCUT2D eigenvalue weighted by atomic mass is 127. The van der Waals surface area contributed by atoms with Gasteiger partial charge in [0.1, 0.15) is 5.54 Å². The summed E-state index contributed by atoms with van der Waals surface area (Å²) < 4.78 is 0.587. The SMILES string of the molecule is CC(C)(C#N)NC(=O)c1cc([N+](=O)[O-])ccc1I. The molecule has 1 aromatic carbocycles. The van der Waals surface area contributed by atoms with E-state index in [1.54, 1.807) is 13.8 Å². The molecule has 0 aliphatic carbocycles. The van der Waals surface area contributed by atoms with Crippen LogP contribution in [0, 0.1) is 25.0 Å². The van der Waals surface area contributed by atoms with E-state index in [1.807, 2.05) is 28.7 Å². The first-order valence-electron chi connectivity index (χ1n) is 4.94. The van der Waals surface area contributed by atoms with Crippen molar-refractivity contribution in [2.24, 2.45) is 0 Å². The van der Waals surface area contributed by atoms with Crippen molar-refractivity contribution in [2.45, 2.75) is 19.4 Å². The number of nitriles is 1. The number of nitro benzene ring substituents is 1. The predicted molar refractivity (Wildman–Crippen MR) is 73.0 cm³/mol. The van der Waals surface area contributed by atoms with Crippen LogP contribution in [0.3, 0.4) is 0 Å². The summed E-state index contributed by atoms with van der Waals surface area (Å²) in [5.74, 6) is -0.505. The molecule has 0 saturated carbocycles. The smallest absolute Gasteiger partial charge is 0.270 e. The first kappa shape index (κ1) is 14.4. The van der Waals surface area contributed by atoms with Gasteiger partial charge in [0, 0.05) is 15.7 Å². The van der Waals surface area contributed by atoms with Gasteiger partial charge in [-0.25, -0.2) is 0 Å². The zero-order valence-electron chi connectivity index (χ0n) is 9.73. The molecule has 18 heavy (non-hydrogen) atoms. The van der Waals surface area contributed by atoms with Gasteiger partial charge in [-0.2, -0.15) is 5.26 Å². The number of hydrogen-bond donors (Lipinski definition) is 1. The van der Waals surface area contributed by atoms with Crippen molar-refractivity contribution >= 4 is 34.2 Å². The molecule has 1 aromatic rings. The number of carbonyl (C=O) groups excluding carboxylic acids is 1. The minimum Gasteiger partial charge on any atom is -0.334 e. The average molecular weight is 359 g/mol. The summed E-state index contributed by atoms with van der Waals surface area (Å²) in [5.41, 5.74) is -0.992. The monoisotopic (exact) mass is 359 g/mol. The molecule has 0 aliphatic heterocycles. The molecule has 0 saturated heterocycles. The molecule has 0 aromatic heterocycles. The zero-order valence-corrected chi connectivity index (χ0v) is 11.9. The van der Waals surface area contributed by atoms with Crippen molar-refractivity contribution in [3.8, 4) is 6.07 Å². The quantitative estimate of drug-likeness (QED) is 0.509. The summed E-state index contributed by atoms with van der Waals surface area (Å²) in [4.78, 5) is 22.0. The van der Waals surface area contributed by atoms with Crippen LogP contribution >= 0.6 is 22.6 Å². The van der Waals surface area contributed by atoms with Gasteiger partial charge in [0.25, 0.3) is 11.6 Å². The maximum Gasteiger partial charge on any atom is 0.270 e. The molecule has 0 unspecified atom stereocenters. The first-order valence-corrected chi connectivity index (χ1v) is 6.02. The Kier molecular flexibility index (Phi) is 4.24. The molecule has 0 spiro atoms. The fraction of sp³-hybridized carbons (Fsp3) is 0.273. The number of rotatable bonds is 3. The topological polar surface area (TPSA) is 96.0 Å². The lowest BCUT2D eigenvalue weighted by Crippen LogP contribution is -2.42. The number of nitrogens with zero attached hydrogens (tertiary/aromatic N) is 2. The molecule has 0 bridgehead atoms. The number of benzene rings is 1. The third-order valence-corrected chi connectivity index (χ3v) is 3.05. The third kappa shape index (κ3) is 3.40. The maximum absolute atomic E-state index is 11.9. The van der Waals surface area contributed by atoms with Gasteiger partial charge in [-0.05, 0) is 42.5 Å². The van der Waals surface area contributed by atoms with Gasteiger partial charge < -0.3 is 5.32 Å². The van der Waals surface area contributed by atoms with Gasteiger partial charge in [-0.1, -0.05) is 0 Å². The Labute approximate surface area is 117 Å².